The first-order valence-corrected chi connectivity index (χ1v) is 49.7. The summed E-state index contributed by atoms with van der Waals surface area (Å²) in [5, 5.41) is 4.73. The fourth-order valence-corrected chi connectivity index (χ4v) is 23.8. The predicted molar refractivity (Wildman–Crippen MR) is 305 cm³/mol. The van der Waals surface area contributed by atoms with Crippen molar-refractivity contribution in [3.8, 4) is 42.5 Å². The van der Waals surface area contributed by atoms with Crippen molar-refractivity contribution in [3.63, 3.8) is 0 Å². The van der Waals surface area contributed by atoms with Crippen LogP contribution in [0.2, 0.25) is 29.6 Å². The molecule has 10 heteroatoms. The SMILES string of the molecule is CCCCC(CC)COc1cc(-c2c3c[c]([Sn]([CH3])([CH3])[CH3])sc3c(-c3cc(OCC(CC)CCCC)c(OCC(CC)CCCC)s3)c3c[c]([Sn]([CH3])([CH3])[CH3])sc23)sc1OCC(CC)CCCC. The molecule has 66 heavy (non-hydrogen) atoms. The van der Waals surface area contributed by atoms with E-state index in [1.54, 1.807) is 5.79 Å². The minimum Gasteiger partial charge on any atom is -0.0654 e. The monoisotopic (exact) mass is 1190 g/mol. The minimum absolute atomic E-state index is 0.548. The summed E-state index contributed by atoms with van der Waals surface area (Å²) >= 11 is 2.72. The third-order valence-corrected chi connectivity index (χ3v) is 37.0. The molecule has 0 bridgehead atoms. The Bertz CT molecular complexity index is 1920. The molecule has 0 aliphatic carbocycles. The zero-order chi connectivity index (χ0) is 48.0. The van der Waals surface area contributed by atoms with Gasteiger partial charge in [-0.2, -0.15) is 0 Å². The summed E-state index contributed by atoms with van der Waals surface area (Å²) in [5.74, 6) is 4.07. The van der Waals surface area contributed by atoms with Crippen molar-refractivity contribution in [2.45, 2.75) is 188 Å². The molecule has 0 saturated heterocycles. The molecule has 4 unspecified atom stereocenters. The van der Waals surface area contributed by atoms with Gasteiger partial charge in [0.05, 0.1) is 0 Å². The summed E-state index contributed by atoms with van der Waals surface area (Å²) in [6.07, 6.45) is 19.3. The second-order valence-electron chi connectivity index (χ2n) is 21.4. The Hall–Kier alpha value is -0.663. The van der Waals surface area contributed by atoms with Crippen LogP contribution < -0.4 is 24.7 Å². The van der Waals surface area contributed by atoms with Gasteiger partial charge in [-0.15, -0.1) is 0 Å². The zero-order valence-electron chi connectivity index (χ0n) is 44.0. The van der Waals surface area contributed by atoms with Gasteiger partial charge in [-0.3, -0.25) is 0 Å². The van der Waals surface area contributed by atoms with E-state index in [0.29, 0.717) is 23.7 Å². The Labute approximate surface area is 427 Å². The molecule has 4 nitrogen and oxygen atoms in total. The van der Waals surface area contributed by atoms with E-state index in [-0.39, 0.29) is 0 Å². The Morgan fingerprint density at radius 1 is 0.409 bits per heavy atom. The second kappa shape index (κ2) is 27.2. The van der Waals surface area contributed by atoms with Gasteiger partial charge in [-0.1, -0.05) is 53.4 Å². The van der Waals surface area contributed by atoms with Crippen molar-refractivity contribution in [1.29, 1.82) is 0 Å². The molecule has 0 N–H and O–H groups in total. The van der Waals surface area contributed by atoms with Gasteiger partial charge in [0.15, 0.2) is 0 Å². The average molecular weight is 1190 g/mol. The average Bonchev–Trinajstić information content (AvgIpc) is 4.11. The van der Waals surface area contributed by atoms with Crippen LogP contribution in [0, 0.1) is 23.7 Å². The first kappa shape index (κ1) is 56.3. The fraction of sp³-hybridized carbons (Fsp3) is 0.679. The maximum atomic E-state index is 6.92. The first-order chi connectivity index (χ1) is 31.6. The van der Waals surface area contributed by atoms with E-state index >= 15 is 0 Å². The molecule has 4 aromatic heterocycles. The molecular formula is C56H90O4S4Sn2. The van der Waals surface area contributed by atoms with Gasteiger partial charge in [0.25, 0.3) is 0 Å². The maximum absolute atomic E-state index is 6.92. The number of rotatable bonds is 32. The number of fused-ring (bicyclic) bond motifs is 2. The fourth-order valence-electron chi connectivity index (χ4n) is 8.76. The number of unbranched alkanes of at least 4 members (excludes halogenated alkanes) is 4. The predicted octanol–water partition coefficient (Wildman–Crippen LogP) is 19.0. The van der Waals surface area contributed by atoms with Crippen molar-refractivity contribution in [3.05, 3.63) is 24.3 Å². The van der Waals surface area contributed by atoms with Gasteiger partial charge >= 0.3 is 378 Å². The summed E-state index contributed by atoms with van der Waals surface area (Å²) < 4.78 is 33.8. The number of hydrogen-bond acceptors (Lipinski definition) is 8. The van der Waals surface area contributed by atoms with E-state index in [2.05, 4.69) is 132 Å². The molecule has 5 rings (SSSR count). The molecule has 0 aliphatic rings. The molecule has 0 fully saturated rings. The van der Waals surface area contributed by atoms with Crippen molar-refractivity contribution < 1.29 is 18.9 Å². The van der Waals surface area contributed by atoms with E-state index in [4.69, 9.17) is 18.9 Å². The molecule has 0 spiro atoms. The van der Waals surface area contributed by atoms with Crippen molar-refractivity contribution in [1.82, 2.24) is 0 Å². The van der Waals surface area contributed by atoms with Crippen LogP contribution in [0.15, 0.2) is 24.3 Å². The third kappa shape index (κ3) is 15.2. The van der Waals surface area contributed by atoms with E-state index in [0.717, 1.165) is 73.7 Å². The van der Waals surface area contributed by atoms with Gasteiger partial charge in [-0.05, 0) is 0 Å². The van der Waals surface area contributed by atoms with Crippen LogP contribution in [0.3, 0.4) is 0 Å². The van der Waals surface area contributed by atoms with Crippen LogP contribution in [0.4, 0.5) is 0 Å². The molecule has 0 radical (unpaired) electrons. The first-order valence-electron chi connectivity index (χ1n) is 26.5. The zero-order valence-corrected chi connectivity index (χ0v) is 53.0. The number of thiophene rings is 4. The molecule has 5 aromatic rings. The van der Waals surface area contributed by atoms with Gasteiger partial charge < -0.3 is 0 Å². The molecule has 1 aromatic carbocycles. The van der Waals surface area contributed by atoms with Crippen LogP contribution in [0.25, 0.3) is 41.1 Å². The molecule has 370 valence electrons. The normalized spacial score (nSPS) is 14.3. The van der Waals surface area contributed by atoms with Crippen LogP contribution in [-0.2, 0) is 0 Å². The Morgan fingerprint density at radius 3 is 0.985 bits per heavy atom. The summed E-state index contributed by atoms with van der Waals surface area (Å²) in [7, 11) is 0. The Balaban J connectivity index is 1.75. The smallest absolute Gasteiger partial charge is 0.0654 e. The van der Waals surface area contributed by atoms with E-state index < -0.39 is 36.8 Å². The van der Waals surface area contributed by atoms with Gasteiger partial charge in [0.1, 0.15) is 0 Å². The second-order valence-corrected chi connectivity index (χ2v) is 56.4. The molecule has 0 aliphatic heterocycles. The van der Waals surface area contributed by atoms with Crippen LogP contribution in [-0.4, -0.2) is 63.2 Å². The standard InChI is InChI=1S/C50H72O4S4.6CH3.2Sn/c1-9-17-21-35(13-5)31-51-41-29-43(57-49(41)53-33-37(15-7)23-19-11-3)45-39-25-27-56-48(39)46(40-26-28-55-47(40)45)44-30-42(52-32-36(14-6)22-18-10-2)50(58-44)54-34-38(16-8)24-20-12-4;;;;;;;;/h25-26,29-30,35-38H,9-24,31-34H2,1-8H3;6*1H3;;. The Morgan fingerprint density at radius 2 is 0.712 bits per heavy atom. The number of ether oxygens (including phenoxy) is 4. The van der Waals surface area contributed by atoms with Crippen molar-refractivity contribution in [2.24, 2.45) is 23.7 Å². The van der Waals surface area contributed by atoms with Gasteiger partial charge in [0.2, 0.25) is 0 Å². The van der Waals surface area contributed by atoms with Crippen molar-refractivity contribution in [2.75, 3.05) is 26.4 Å². The molecule has 4 heterocycles. The van der Waals surface area contributed by atoms with E-state index in [1.165, 1.54) is 118 Å². The molecule has 0 amide bonds. The third-order valence-electron chi connectivity index (χ3n) is 13.8. The van der Waals surface area contributed by atoms with E-state index in [1.807, 2.05) is 22.7 Å². The topological polar surface area (TPSA) is 36.9 Å². The van der Waals surface area contributed by atoms with Crippen LogP contribution in [0.5, 0.6) is 21.6 Å². The molecular weight excluding hydrogens is 1100 g/mol. The van der Waals surface area contributed by atoms with Crippen LogP contribution >= 0.6 is 45.3 Å². The number of hydrogen-bond donors (Lipinski definition) is 0. The van der Waals surface area contributed by atoms with E-state index in [9.17, 15) is 0 Å². The summed E-state index contributed by atoms with van der Waals surface area (Å²) in [5.41, 5.74) is 2.78. The van der Waals surface area contributed by atoms with Gasteiger partial charge in [0, 0.05) is 0 Å². The number of benzene rings is 1. The molecule has 4 atom stereocenters. The van der Waals surface area contributed by atoms with Crippen LogP contribution in [0.1, 0.15) is 158 Å². The quantitative estimate of drug-likeness (QED) is 0.0402. The summed E-state index contributed by atoms with van der Waals surface area (Å²) in [6, 6.07) is 10.0. The Kier molecular flexibility index (Phi) is 23.2. The molecule has 0 saturated carbocycles. The summed E-state index contributed by atoms with van der Waals surface area (Å²) in [6.45, 7) is 21.4. The van der Waals surface area contributed by atoms with Crippen molar-refractivity contribution >= 4 is 108 Å². The van der Waals surface area contributed by atoms with Gasteiger partial charge in [-0.25, -0.2) is 0 Å². The minimum atomic E-state index is -2.56. The summed E-state index contributed by atoms with van der Waals surface area (Å²) in [4.78, 5) is 18.0.